The van der Waals surface area contributed by atoms with E-state index in [9.17, 15) is 4.79 Å². The van der Waals surface area contributed by atoms with Gasteiger partial charge in [0.2, 0.25) is 5.91 Å². The molecule has 1 aromatic rings. The van der Waals surface area contributed by atoms with E-state index < -0.39 is 0 Å². The van der Waals surface area contributed by atoms with Crippen molar-refractivity contribution in [3.05, 3.63) is 22.2 Å². The molecule has 2 rings (SSSR count). The van der Waals surface area contributed by atoms with Crippen molar-refractivity contribution in [2.24, 2.45) is 5.73 Å². The number of carbonyl (C=O) groups is 1. The third kappa shape index (κ3) is 2.92. The molecule has 2 N–H and O–H groups in total. The van der Waals surface area contributed by atoms with Gasteiger partial charge in [0.15, 0.2) is 0 Å². The molecule has 0 bridgehead atoms. The van der Waals surface area contributed by atoms with Gasteiger partial charge in [0, 0.05) is 31.0 Å². The first-order valence-corrected chi connectivity index (χ1v) is 7.35. The fourth-order valence-electron chi connectivity index (χ4n) is 2.55. The van der Waals surface area contributed by atoms with Gasteiger partial charge < -0.3 is 15.5 Å². The first-order chi connectivity index (χ1) is 9.04. The summed E-state index contributed by atoms with van der Waals surface area (Å²) in [6.07, 6.45) is 1.48. The van der Waals surface area contributed by atoms with Crippen LogP contribution in [0, 0.1) is 6.92 Å². The van der Waals surface area contributed by atoms with E-state index in [1.165, 1.54) is 0 Å². The topological polar surface area (TPSA) is 49.6 Å². The molecule has 5 heteroatoms. The summed E-state index contributed by atoms with van der Waals surface area (Å²) in [4.78, 5) is 16.1. The lowest BCUT2D eigenvalue weighted by atomic mass is 10.1. The number of nitrogens with two attached hydrogens (primary N) is 1. The lowest BCUT2D eigenvalue weighted by Crippen LogP contribution is -2.27. The Hall–Kier alpha value is -1.07. The van der Waals surface area contributed by atoms with Crippen LogP contribution in [-0.4, -0.2) is 32.6 Å². The van der Waals surface area contributed by atoms with E-state index in [1.807, 2.05) is 14.0 Å². The average Bonchev–Trinajstić information content (AvgIpc) is 2.47. The molecule has 1 aliphatic rings. The number of halogens is 1. The molecule has 0 spiro atoms. The molecule has 1 heterocycles. The molecule has 1 aromatic carbocycles. The Bertz CT molecular complexity index is 490. The molecule has 104 valence electrons. The predicted molar refractivity (Wildman–Crippen MR) is 82.8 cm³/mol. The molecule has 4 nitrogen and oxygen atoms in total. The normalized spacial score (nSPS) is 15.5. The summed E-state index contributed by atoms with van der Waals surface area (Å²) in [7, 11) is 1.86. The largest absolute Gasteiger partial charge is 0.369 e. The fourth-order valence-corrected chi connectivity index (χ4v) is 3.11. The van der Waals surface area contributed by atoms with Gasteiger partial charge in [-0.25, -0.2) is 0 Å². The maximum Gasteiger partial charge on any atom is 0.228 e. The average molecular weight is 326 g/mol. The molecule has 1 amide bonds. The smallest absolute Gasteiger partial charge is 0.228 e. The maximum atomic E-state index is 12.1. The van der Waals surface area contributed by atoms with Gasteiger partial charge in [-0.05, 0) is 37.6 Å². The van der Waals surface area contributed by atoms with Gasteiger partial charge in [0.25, 0.3) is 0 Å². The summed E-state index contributed by atoms with van der Waals surface area (Å²) < 4.78 is 1.05. The maximum absolute atomic E-state index is 12.1. The Morgan fingerprint density at radius 3 is 2.84 bits per heavy atom. The van der Waals surface area contributed by atoms with Crippen molar-refractivity contribution in [2.75, 3.05) is 36.5 Å². The minimum Gasteiger partial charge on any atom is -0.369 e. The van der Waals surface area contributed by atoms with Crippen molar-refractivity contribution in [1.29, 1.82) is 0 Å². The second-order valence-electron chi connectivity index (χ2n) is 4.92. The van der Waals surface area contributed by atoms with Crippen LogP contribution in [0.4, 0.5) is 11.4 Å². The zero-order chi connectivity index (χ0) is 14.0. The number of fused-ring (bicyclic) bond motifs is 1. The van der Waals surface area contributed by atoms with E-state index in [2.05, 4.69) is 33.0 Å². The highest BCUT2D eigenvalue weighted by molar-refractivity contribution is 9.10. The van der Waals surface area contributed by atoms with Crippen LogP contribution in [0.2, 0.25) is 0 Å². The number of amides is 1. The molecule has 19 heavy (non-hydrogen) atoms. The quantitative estimate of drug-likeness (QED) is 0.927. The first kappa shape index (κ1) is 14.3. The number of nitrogens with zero attached hydrogens (tertiary/aromatic N) is 2. The van der Waals surface area contributed by atoms with Crippen LogP contribution < -0.4 is 15.5 Å². The van der Waals surface area contributed by atoms with Crippen molar-refractivity contribution < 1.29 is 4.79 Å². The van der Waals surface area contributed by atoms with Crippen molar-refractivity contribution in [2.45, 2.75) is 19.8 Å². The van der Waals surface area contributed by atoms with Gasteiger partial charge in [-0.1, -0.05) is 15.9 Å². The highest BCUT2D eigenvalue weighted by Crippen LogP contribution is 2.37. The molecular weight excluding hydrogens is 306 g/mol. The van der Waals surface area contributed by atoms with E-state index in [1.54, 1.807) is 4.90 Å². The SMILES string of the molecule is Cc1cc(Br)cc2c1N(C)C(=O)CCN2CCCN. The van der Waals surface area contributed by atoms with E-state index >= 15 is 0 Å². The first-order valence-electron chi connectivity index (χ1n) is 6.56. The number of anilines is 2. The van der Waals surface area contributed by atoms with Gasteiger partial charge in [-0.15, -0.1) is 0 Å². The summed E-state index contributed by atoms with van der Waals surface area (Å²) >= 11 is 3.54. The lowest BCUT2D eigenvalue weighted by Gasteiger charge is -2.27. The number of benzene rings is 1. The number of aryl methyl sites for hydroxylation is 1. The van der Waals surface area contributed by atoms with Crippen LogP contribution in [0.1, 0.15) is 18.4 Å². The van der Waals surface area contributed by atoms with Crippen LogP contribution in [-0.2, 0) is 4.79 Å². The van der Waals surface area contributed by atoms with Crippen LogP contribution in [0.5, 0.6) is 0 Å². The van der Waals surface area contributed by atoms with E-state index in [-0.39, 0.29) is 5.91 Å². The molecule has 0 radical (unpaired) electrons. The van der Waals surface area contributed by atoms with Crippen molar-refractivity contribution in [3.63, 3.8) is 0 Å². The molecule has 0 fully saturated rings. The standard InChI is InChI=1S/C14H20BrN3O/c1-10-8-11(15)9-12-14(10)17(2)13(19)4-7-18(12)6-3-5-16/h8-9H,3-7,16H2,1-2H3. The second kappa shape index (κ2) is 5.92. The van der Waals surface area contributed by atoms with E-state index in [0.29, 0.717) is 13.0 Å². The zero-order valence-corrected chi connectivity index (χ0v) is 13.0. The summed E-state index contributed by atoms with van der Waals surface area (Å²) in [6, 6.07) is 4.14. The highest BCUT2D eigenvalue weighted by Gasteiger charge is 2.25. The minimum absolute atomic E-state index is 0.168. The van der Waals surface area contributed by atoms with E-state index in [0.717, 1.165) is 40.9 Å². The molecular formula is C14H20BrN3O. The molecule has 0 saturated carbocycles. The molecule has 0 atom stereocenters. The molecule has 0 saturated heterocycles. The number of rotatable bonds is 3. The van der Waals surface area contributed by atoms with Gasteiger partial charge in [-0.2, -0.15) is 0 Å². The number of hydrogen-bond donors (Lipinski definition) is 1. The molecule has 0 unspecified atom stereocenters. The monoisotopic (exact) mass is 325 g/mol. The Balaban J connectivity index is 2.48. The van der Waals surface area contributed by atoms with Gasteiger partial charge in [0.1, 0.15) is 0 Å². The summed E-state index contributed by atoms with van der Waals surface area (Å²) in [5, 5.41) is 0. The van der Waals surface area contributed by atoms with Crippen LogP contribution >= 0.6 is 15.9 Å². The Morgan fingerprint density at radius 2 is 2.16 bits per heavy atom. The van der Waals surface area contributed by atoms with Crippen molar-refractivity contribution in [1.82, 2.24) is 0 Å². The van der Waals surface area contributed by atoms with Crippen LogP contribution in [0.3, 0.4) is 0 Å². The highest BCUT2D eigenvalue weighted by atomic mass is 79.9. The second-order valence-corrected chi connectivity index (χ2v) is 5.84. The minimum atomic E-state index is 0.168. The summed E-state index contributed by atoms with van der Waals surface area (Å²) in [5.41, 5.74) is 8.85. The van der Waals surface area contributed by atoms with Crippen molar-refractivity contribution >= 4 is 33.2 Å². The predicted octanol–water partition coefficient (Wildman–Crippen LogP) is 2.28. The lowest BCUT2D eigenvalue weighted by molar-refractivity contribution is -0.118. The fraction of sp³-hybridized carbons (Fsp3) is 0.500. The van der Waals surface area contributed by atoms with Gasteiger partial charge in [0.05, 0.1) is 11.4 Å². The number of carbonyl (C=O) groups excluding carboxylic acids is 1. The Morgan fingerprint density at radius 1 is 1.42 bits per heavy atom. The molecule has 1 aliphatic heterocycles. The van der Waals surface area contributed by atoms with Crippen LogP contribution in [0.15, 0.2) is 16.6 Å². The number of hydrogen-bond acceptors (Lipinski definition) is 3. The Kier molecular flexibility index (Phi) is 4.47. The van der Waals surface area contributed by atoms with Gasteiger partial charge >= 0.3 is 0 Å². The molecule has 0 aliphatic carbocycles. The molecule has 0 aromatic heterocycles. The Labute approximate surface area is 122 Å². The summed E-state index contributed by atoms with van der Waals surface area (Å²) in [5.74, 6) is 0.168. The third-order valence-electron chi connectivity index (χ3n) is 3.52. The third-order valence-corrected chi connectivity index (χ3v) is 3.98. The van der Waals surface area contributed by atoms with Crippen LogP contribution in [0.25, 0.3) is 0 Å². The zero-order valence-electron chi connectivity index (χ0n) is 11.4. The van der Waals surface area contributed by atoms with Crippen molar-refractivity contribution in [3.8, 4) is 0 Å². The van der Waals surface area contributed by atoms with Gasteiger partial charge in [-0.3, -0.25) is 4.79 Å². The summed E-state index contributed by atoms with van der Waals surface area (Å²) in [6.45, 7) is 4.36. The van der Waals surface area contributed by atoms with E-state index in [4.69, 9.17) is 5.73 Å².